The number of nitrogens with one attached hydrogen (secondary N) is 3. The van der Waals surface area contributed by atoms with E-state index in [-0.39, 0.29) is 72.6 Å². The van der Waals surface area contributed by atoms with E-state index in [1.807, 2.05) is 0 Å². The van der Waals surface area contributed by atoms with Crippen LogP contribution in [0.3, 0.4) is 0 Å². The van der Waals surface area contributed by atoms with Gasteiger partial charge in [0.25, 0.3) is 11.5 Å². The molecule has 22 heteroatoms. The minimum absolute atomic E-state index is 0.000777. The Morgan fingerprint density at radius 2 is 1.94 bits per heavy atom. The summed E-state index contributed by atoms with van der Waals surface area (Å²) < 4.78 is 34.2. The molecule has 2 saturated heterocycles. The van der Waals surface area contributed by atoms with Crippen LogP contribution in [0.25, 0.3) is 11.2 Å². The molecule has 1 amide bonds. The van der Waals surface area contributed by atoms with Crippen molar-refractivity contribution < 1.29 is 38.1 Å². The summed E-state index contributed by atoms with van der Waals surface area (Å²) in [6.45, 7) is 3.50. The minimum atomic E-state index is -4.04. The van der Waals surface area contributed by atoms with Crippen LogP contribution in [-0.2, 0) is 24.2 Å². The van der Waals surface area contributed by atoms with Crippen molar-refractivity contribution in [3.05, 3.63) is 23.0 Å². The zero-order valence-electron chi connectivity index (χ0n) is 26.3. The average Bonchev–Trinajstić information content (AvgIpc) is 3.57. The predicted molar refractivity (Wildman–Crippen MR) is 173 cm³/mol. The van der Waals surface area contributed by atoms with Crippen LogP contribution in [0, 0.1) is 0 Å². The summed E-state index contributed by atoms with van der Waals surface area (Å²) in [7, 11) is -4.04. The van der Waals surface area contributed by atoms with Crippen molar-refractivity contribution >= 4 is 61.9 Å². The molecule has 0 aromatic carbocycles. The number of fused-ring (bicyclic) bond motifs is 2. The second kappa shape index (κ2) is 12.6. The number of amides is 1. The number of piperidine rings is 1. The Morgan fingerprint density at radius 1 is 1.18 bits per heavy atom. The van der Waals surface area contributed by atoms with Gasteiger partial charge in [-0.15, -0.1) is 0 Å². The van der Waals surface area contributed by atoms with Gasteiger partial charge in [0.2, 0.25) is 5.95 Å². The van der Waals surface area contributed by atoms with Crippen LogP contribution >= 0.6 is 0 Å². The number of aliphatic carboxylic acids is 1. The highest BCUT2D eigenvalue weighted by Gasteiger charge is 2.48. The number of carbonyl (C=O) groups is 2. The number of hydrogen-bond donors (Lipinski definition) is 8. The van der Waals surface area contributed by atoms with Crippen molar-refractivity contribution in [1.29, 1.82) is 0 Å². The van der Waals surface area contributed by atoms with Gasteiger partial charge in [0.15, 0.2) is 39.0 Å². The number of aliphatic hydroxyl groups excluding tert-OH is 2. The van der Waals surface area contributed by atoms with Gasteiger partial charge in [-0.3, -0.25) is 28.8 Å². The number of sulfone groups is 1. The van der Waals surface area contributed by atoms with Crippen LogP contribution in [0.15, 0.2) is 22.4 Å². The summed E-state index contributed by atoms with van der Waals surface area (Å²) in [6.07, 6.45) is -3.33. The van der Waals surface area contributed by atoms with E-state index >= 15 is 0 Å². The van der Waals surface area contributed by atoms with Crippen LogP contribution in [0.4, 0.5) is 23.3 Å². The van der Waals surface area contributed by atoms with Crippen molar-refractivity contribution in [2.75, 3.05) is 42.2 Å². The molecule has 264 valence electrons. The fourth-order valence-electron chi connectivity index (χ4n) is 6.36. The van der Waals surface area contributed by atoms with Gasteiger partial charge in [-0.1, -0.05) is 0 Å². The van der Waals surface area contributed by atoms with Gasteiger partial charge in [0, 0.05) is 19.6 Å². The minimum Gasteiger partial charge on any atom is -0.480 e. The number of nitrogens with two attached hydrogens (primary N) is 2. The standard InChI is InChI=1S/C27H36N12O9S/c1-27(2)18(34-15-20(37-27)35-26(29)36-22(15)42)23(43)30-4-6-38-5-3-11(7-12(38)25(44)45)49(46,47)8-13-16(40)17(41)24(48-13)39-10-33-14-19(28)31-9-32-21(14)39/h9-13,16-17,24,40-41H,3-8H2,1-2H3,(H,30,43)(H,44,45)(H2,28,31,32)(H4,29,35,36,37,42)/t11?,12?,13-,16?,17+,24-/m1/s1. The summed E-state index contributed by atoms with van der Waals surface area (Å²) in [4.78, 5) is 61.9. The number of aliphatic imine (C=N–C) groups is 1. The number of likely N-dealkylation sites (tertiary alicyclic amines) is 1. The van der Waals surface area contributed by atoms with E-state index in [9.17, 15) is 38.1 Å². The Bertz CT molecular complexity index is 2000. The molecule has 10 N–H and O–H groups in total. The van der Waals surface area contributed by atoms with Crippen molar-refractivity contribution in [1.82, 2.24) is 39.7 Å². The number of carboxylic acid groups (broad SMARTS) is 1. The van der Waals surface area contributed by atoms with Crippen molar-refractivity contribution in [2.24, 2.45) is 4.99 Å². The molecule has 3 aliphatic heterocycles. The highest BCUT2D eigenvalue weighted by Crippen LogP contribution is 2.34. The third-order valence-electron chi connectivity index (χ3n) is 8.91. The van der Waals surface area contributed by atoms with Gasteiger partial charge in [-0.05, 0) is 26.7 Å². The highest BCUT2D eigenvalue weighted by molar-refractivity contribution is 7.92. The molecule has 0 aliphatic carbocycles. The lowest BCUT2D eigenvalue weighted by Crippen LogP contribution is -2.54. The maximum atomic E-state index is 13.5. The molecule has 0 spiro atoms. The summed E-state index contributed by atoms with van der Waals surface area (Å²) in [5.74, 6) is -2.40. The van der Waals surface area contributed by atoms with Gasteiger partial charge in [0.05, 0.1) is 22.9 Å². The molecule has 49 heavy (non-hydrogen) atoms. The number of ether oxygens (including phenoxy) is 1. The zero-order chi connectivity index (χ0) is 35.4. The molecule has 3 aromatic heterocycles. The molecule has 0 saturated carbocycles. The van der Waals surface area contributed by atoms with Crippen LogP contribution in [-0.4, -0.2) is 136 Å². The topological polar surface area (TPSA) is 319 Å². The molecule has 0 radical (unpaired) electrons. The van der Waals surface area contributed by atoms with E-state index in [0.29, 0.717) is 0 Å². The molecule has 21 nitrogen and oxygen atoms in total. The number of rotatable bonds is 9. The normalized spacial score (nSPS) is 26.9. The van der Waals surface area contributed by atoms with Crippen LogP contribution < -0.4 is 27.7 Å². The molecule has 3 aromatic rings. The Balaban J connectivity index is 1.08. The Hall–Kier alpha value is -4.77. The van der Waals surface area contributed by atoms with E-state index in [2.05, 4.69) is 40.5 Å². The first-order chi connectivity index (χ1) is 23.1. The van der Waals surface area contributed by atoms with E-state index in [4.69, 9.17) is 16.2 Å². The second-order valence-corrected chi connectivity index (χ2v) is 14.9. The Morgan fingerprint density at radius 3 is 2.67 bits per heavy atom. The lowest BCUT2D eigenvalue weighted by atomic mass is 9.95. The van der Waals surface area contributed by atoms with Crippen LogP contribution in [0.1, 0.15) is 32.9 Å². The van der Waals surface area contributed by atoms with Crippen LogP contribution in [0.5, 0.6) is 0 Å². The summed E-state index contributed by atoms with van der Waals surface area (Å²) in [5, 5.41) is 36.1. The Labute approximate surface area is 277 Å². The lowest BCUT2D eigenvalue weighted by Gasteiger charge is -2.37. The van der Waals surface area contributed by atoms with E-state index in [1.165, 1.54) is 17.2 Å². The number of nitrogen functional groups attached to an aromatic ring is 2. The first kappa shape index (κ1) is 34.1. The number of H-pyrrole nitrogens is 1. The number of nitrogens with zero attached hydrogens (tertiary/aromatic N) is 7. The fourth-order valence-corrected chi connectivity index (χ4v) is 8.31. The molecule has 6 heterocycles. The van der Waals surface area contributed by atoms with E-state index in [1.54, 1.807) is 18.7 Å². The maximum Gasteiger partial charge on any atom is 0.320 e. The quantitative estimate of drug-likeness (QED) is 0.111. The van der Waals surface area contributed by atoms with Crippen molar-refractivity contribution in [3.63, 3.8) is 0 Å². The number of aliphatic hydroxyl groups is 2. The molecule has 3 unspecified atom stereocenters. The summed E-state index contributed by atoms with van der Waals surface area (Å²) in [5.41, 5.74) is 10.1. The molecular weight excluding hydrogens is 668 g/mol. The maximum absolute atomic E-state index is 13.5. The first-order valence-electron chi connectivity index (χ1n) is 15.3. The summed E-state index contributed by atoms with van der Waals surface area (Å²) >= 11 is 0. The van der Waals surface area contributed by atoms with Gasteiger partial charge in [0.1, 0.15) is 41.9 Å². The number of hydrogen-bond acceptors (Lipinski definition) is 17. The third-order valence-corrected chi connectivity index (χ3v) is 11.1. The van der Waals surface area contributed by atoms with Crippen LogP contribution in [0.2, 0.25) is 0 Å². The zero-order valence-corrected chi connectivity index (χ0v) is 27.2. The van der Waals surface area contributed by atoms with Crippen molar-refractivity contribution in [2.45, 2.75) is 68.1 Å². The van der Waals surface area contributed by atoms with E-state index < -0.39 is 74.4 Å². The molecule has 2 fully saturated rings. The SMILES string of the molecule is CC1(C)Nc2nc(N)[nH]c(=O)c2N=C1C(=O)NCCN1CCC(S(=O)(=O)C[C@H]2O[C@@H](n3cnc4c(N)ncnc43)[C@@H](O)C2O)CC1C(=O)O. The highest BCUT2D eigenvalue weighted by atomic mass is 32.2. The number of carbonyl (C=O) groups excluding carboxylic acids is 1. The number of imidazole rings is 1. The van der Waals surface area contributed by atoms with Gasteiger partial charge >= 0.3 is 5.97 Å². The molecule has 6 atom stereocenters. The van der Waals surface area contributed by atoms with Gasteiger partial charge in [-0.2, -0.15) is 4.98 Å². The van der Waals surface area contributed by atoms with Gasteiger partial charge < -0.3 is 42.2 Å². The second-order valence-electron chi connectivity index (χ2n) is 12.6. The number of anilines is 3. The summed E-state index contributed by atoms with van der Waals surface area (Å²) in [6, 6.07) is -1.19. The molecule has 3 aliphatic rings. The smallest absolute Gasteiger partial charge is 0.320 e. The fraction of sp³-hybridized carbons (Fsp3) is 0.556. The number of aromatic nitrogens is 6. The molecular formula is C27H36N12O9S. The molecule has 0 bridgehead atoms. The number of carboxylic acids is 1. The van der Waals surface area contributed by atoms with Gasteiger partial charge in [-0.25, -0.2) is 28.4 Å². The largest absolute Gasteiger partial charge is 0.480 e. The lowest BCUT2D eigenvalue weighted by molar-refractivity contribution is -0.144. The predicted octanol–water partition coefficient (Wildman–Crippen LogP) is -2.88. The monoisotopic (exact) mass is 704 g/mol. The third kappa shape index (κ3) is 6.39. The number of aromatic amines is 1. The van der Waals surface area contributed by atoms with E-state index in [0.717, 1.165) is 0 Å². The molecule has 6 rings (SSSR count). The first-order valence-corrected chi connectivity index (χ1v) is 17.0. The van der Waals surface area contributed by atoms with Crippen molar-refractivity contribution in [3.8, 4) is 0 Å². The average molecular weight is 705 g/mol. The Kier molecular flexibility index (Phi) is 8.77.